The minimum absolute atomic E-state index is 0.0618. The van der Waals surface area contributed by atoms with Gasteiger partial charge < -0.3 is 14.6 Å². The number of carbonyl (C=O) groups excluding carboxylic acids is 2. The number of aromatic carboxylic acids is 1. The largest absolute Gasteiger partial charge is 0.478 e. The Morgan fingerprint density at radius 1 is 1.19 bits per heavy atom. The van der Waals surface area contributed by atoms with E-state index in [9.17, 15) is 14.4 Å². The highest BCUT2D eigenvalue weighted by atomic mass is 16.6. The zero-order valence-corrected chi connectivity index (χ0v) is 12.2. The summed E-state index contributed by atoms with van der Waals surface area (Å²) in [5.74, 6) is -1.87. The van der Waals surface area contributed by atoms with E-state index in [0.717, 1.165) is 6.07 Å². The highest BCUT2D eigenvalue weighted by Gasteiger charge is 2.19. The van der Waals surface area contributed by atoms with Crippen LogP contribution in [0.15, 0.2) is 18.2 Å². The summed E-state index contributed by atoms with van der Waals surface area (Å²) in [5.41, 5.74) is -0.613. The quantitative estimate of drug-likeness (QED) is 0.656. The number of carboxylic acids is 1. The number of ether oxygens (including phenoxy) is 2. The molecule has 21 heavy (non-hydrogen) atoms. The number of amides is 1. The van der Waals surface area contributed by atoms with Crippen LogP contribution in [-0.4, -0.2) is 28.7 Å². The van der Waals surface area contributed by atoms with E-state index in [1.54, 1.807) is 20.8 Å². The Labute approximate surface area is 121 Å². The van der Waals surface area contributed by atoms with Crippen molar-refractivity contribution < 1.29 is 29.0 Å². The third kappa shape index (κ3) is 5.52. The summed E-state index contributed by atoms with van der Waals surface area (Å²) >= 11 is 0. The summed E-state index contributed by atoms with van der Waals surface area (Å²) in [4.78, 5) is 33.6. The Hall–Kier alpha value is -2.57. The van der Waals surface area contributed by atoms with E-state index in [-0.39, 0.29) is 17.0 Å². The molecular formula is C14H17NO6. The van der Waals surface area contributed by atoms with Gasteiger partial charge in [-0.2, -0.15) is 0 Å². The molecule has 0 atom stereocenters. The Morgan fingerprint density at radius 3 is 2.29 bits per heavy atom. The van der Waals surface area contributed by atoms with Crippen molar-refractivity contribution in [1.82, 2.24) is 0 Å². The summed E-state index contributed by atoms with van der Waals surface area (Å²) in [7, 11) is 0. The molecule has 0 aliphatic carbocycles. The van der Waals surface area contributed by atoms with Gasteiger partial charge in [0, 0.05) is 6.92 Å². The predicted octanol–water partition coefficient (Wildman–Crippen LogP) is 2.66. The monoisotopic (exact) mass is 295 g/mol. The van der Waals surface area contributed by atoms with Gasteiger partial charge in [-0.05, 0) is 39.0 Å². The zero-order valence-electron chi connectivity index (χ0n) is 12.2. The minimum atomic E-state index is -1.17. The summed E-state index contributed by atoms with van der Waals surface area (Å²) in [6, 6.07) is 3.75. The van der Waals surface area contributed by atoms with Crippen LogP contribution in [0.4, 0.5) is 10.5 Å². The first-order valence-corrected chi connectivity index (χ1v) is 6.14. The molecule has 0 unspecified atom stereocenters. The SMILES string of the molecule is CC(=O)Oc1cc(C(=O)O)ccc1NC(=O)OC(C)(C)C. The van der Waals surface area contributed by atoms with Crippen LogP contribution in [0.3, 0.4) is 0 Å². The van der Waals surface area contributed by atoms with Gasteiger partial charge in [0.1, 0.15) is 5.60 Å². The number of hydrogen-bond donors (Lipinski definition) is 2. The van der Waals surface area contributed by atoms with Gasteiger partial charge in [-0.1, -0.05) is 0 Å². The lowest BCUT2D eigenvalue weighted by Crippen LogP contribution is -2.27. The molecule has 1 rings (SSSR count). The normalized spacial score (nSPS) is 10.7. The maximum atomic E-state index is 11.7. The van der Waals surface area contributed by atoms with E-state index in [0.29, 0.717) is 0 Å². The number of anilines is 1. The molecule has 7 nitrogen and oxygen atoms in total. The molecule has 0 aliphatic rings. The van der Waals surface area contributed by atoms with Crippen LogP contribution in [0.2, 0.25) is 0 Å². The molecule has 1 amide bonds. The molecule has 7 heteroatoms. The number of nitrogens with one attached hydrogen (secondary N) is 1. The molecule has 1 aromatic rings. The second-order valence-corrected chi connectivity index (χ2v) is 5.24. The van der Waals surface area contributed by atoms with E-state index in [2.05, 4.69) is 5.32 Å². The van der Waals surface area contributed by atoms with Crippen molar-refractivity contribution in [2.45, 2.75) is 33.3 Å². The van der Waals surface area contributed by atoms with Crippen molar-refractivity contribution in [3.63, 3.8) is 0 Å². The van der Waals surface area contributed by atoms with Crippen LogP contribution in [0, 0.1) is 0 Å². The number of hydrogen-bond acceptors (Lipinski definition) is 5. The molecule has 1 aromatic carbocycles. The molecule has 0 aromatic heterocycles. The van der Waals surface area contributed by atoms with Crippen LogP contribution in [0.25, 0.3) is 0 Å². The fourth-order valence-corrected chi connectivity index (χ4v) is 1.41. The van der Waals surface area contributed by atoms with Crippen molar-refractivity contribution in [1.29, 1.82) is 0 Å². The highest BCUT2D eigenvalue weighted by molar-refractivity contribution is 5.92. The molecule has 0 saturated carbocycles. The molecule has 2 N–H and O–H groups in total. The molecule has 0 fully saturated rings. The number of carboxylic acid groups (broad SMARTS) is 1. The van der Waals surface area contributed by atoms with Crippen molar-refractivity contribution in [2.24, 2.45) is 0 Å². The van der Waals surface area contributed by atoms with Crippen LogP contribution in [0.5, 0.6) is 5.75 Å². The number of esters is 1. The molecule has 114 valence electrons. The standard InChI is InChI=1S/C14H17NO6/c1-8(16)20-11-7-9(12(17)18)5-6-10(11)15-13(19)21-14(2,3)4/h5-7H,1-4H3,(H,15,19)(H,17,18). The third-order valence-electron chi connectivity index (χ3n) is 2.12. The lowest BCUT2D eigenvalue weighted by atomic mass is 10.2. The molecule has 0 bridgehead atoms. The maximum Gasteiger partial charge on any atom is 0.412 e. The van der Waals surface area contributed by atoms with Gasteiger partial charge in [-0.3, -0.25) is 10.1 Å². The minimum Gasteiger partial charge on any atom is -0.478 e. The predicted molar refractivity (Wildman–Crippen MR) is 74.6 cm³/mol. The topological polar surface area (TPSA) is 102 Å². The molecular weight excluding hydrogens is 278 g/mol. The fraction of sp³-hybridized carbons (Fsp3) is 0.357. The average molecular weight is 295 g/mol. The molecule has 0 spiro atoms. The van der Waals surface area contributed by atoms with E-state index in [4.69, 9.17) is 14.6 Å². The second kappa shape index (κ2) is 6.25. The smallest absolute Gasteiger partial charge is 0.412 e. The van der Waals surface area contributed by atoms with Gasteiger partial charge in [0.05, 0.1) is 11.3 Å². The Morgan fingerprint density at radius 2 is 1.81 bits per heavy atom. The van der Waals surface area contributed by atoms with Gasteiger partial charge in [-0.25, -0.2) is 9.59 Å². The van der Waals surface area contributed by atoms with Crippen molar-refractivity contribution in [3.8, 4) is 5.75 Å². The highest BCUT2D eigenvalue weighted by Crippen LogP contribution is 2.27. The zero-order chi connectivity index (χ0) is 16.2. The number of rotatable bonds is 3. The van der Waals surface area contributed by atoms with Gasteiger partial charge in [0.2, 0.25) is 0 Å². The Kier molecular flexibility index (Phi) is 4.91. The lowest BCUT2D eigenvalue weighted by Gasteiger charge is -2.20. The number of benzene rings is 1. The molecule has 0 saturated heterocycles. The van der Waals surface area contributed by atoms with Crippen molar-refractivity contribution >= 4 is 23.7 Å². The van der Waals surface area contributed by atoms with E-state index < -0.39 is 23.6 Å². The first kappa shape index (κ1) is 16.5. The molecule has 0 aliphatic heterocycles. The molecule has 0 radical (unpaired) electrons. The van der Waals surface area contributed by atoms with Gasteiger partial charge >= 0.3 is 18.0 Å². The van der Waals surface area contributed by atoms with Gasteiger partial charge in [-0.15, -0.1) is 0 Å². The van der Waals surface area contributed by atoms with Crippen LogP contribution >= 0.6 is 0 Å². The first-order chi connectivity index (χ1) is 9.58. The molecule has 0 heterocycles. The van der Waals surface area contributed by atoms with Crippen LogP contribution < -0.4 is 10.1 Å². The Bertz CT molecular complexity index is 573. The summed E-state index contributed by atoms with van der Waals surface area (Å²) in [6.07, 6.45) is -0.737. The van der Waals surface area contributed by atoms with Crippen molar-refractivity contribution in [3.05, 3.63) is 23.8 Å². The Balaban J connectivity index is 3.02. The van der Waals surface area contributed by atoms with Crippen LogP contribution in [-0.2, 0) is 9.53 Å². The second-order valence-electron chi connectivity index (χ2n) is 5.24. The fourth-order valence-electron chi connectivity index (χ4n) is 1.41. The van der Waals surface area contributed by atoms with Gasteiger partial charge in [0.15, 0.2) is 5.75 Å². The van der Waals surface area contributed by atoms with Gasteiger partial charge in [0.25, 0.3) is 0 Å². The summed E-state index contributed by atoms with van der Waals surface area (Å²) in [5, 5.41) is 11.3. The van der Waals surface area contributed by atoms with E-state index in [1.165, 1.54) is 19.1 Å². The summed E-state index contributed by atoms with van der Waals surface area (Å²) in [6.45, 7) is 6.28. The first-order valence-electron chi connectivity index (χ1n) is 6.14. The average Bonchev–Trinajstić information content (AvgIpc) is 2.27. The van der Waals surface area contributed by atoms with Crippen molar-refractivity contribution in [2.75, 3.05) is 5.32 Å². The lowest BCUT2D eigenvalue weighted by molar-refractivity contribution is -0.131. The number of carbonyl (C=O) groups is 3. The van der Waals surface area contributed by atoms with E-state index in [1.807, 2.05) is 0 Å². The summed E-state index contributed by atoms with van der Waals surface area (Å²) < 4.78 is 9.97. The van der Waals surface area contributed by atoms with E-state index >= 15 is 0 Å². The maximum absolute atomic E-state index is 11.7. The third-order valence-corrected chi connectivity index (χ3v) is 2.12. The van der Waals surface area contributed by atoms with Crippen LogP contribution in [0.1, 0.15) is 38.1 Å².